The maximum atomic E-state index is 5.98. The summed E-state index contributed by atoms with van der Waals surface area (Å²) in [7, 11) is 0. The highest BCUT2D eigenvalue weighted by atomic mass is 35.5. The van der Waals surface area contributed by atoms with E-state index in [2.05, 4.69) is 24.2 Å². The number of nitrogens with zero attached hydrogens (tertiary/aromatic N) is 3. The molecule has 0 fully saturated rings. The molecular formula is C11H12ClN3. The quantitative estimate of drug-likeness (QED) is 0.781. The molecule has 0 spiro atoms. The van der Waals surface area contributed by atoms with Gasteiger partial charge in [0.15, 0.2) is 0 Å². The number of hydrogen-bond acceptors (Lipinski definition) is 2. The van der Waals surface area contributed by atoms with E-state index in [1.54, 1.807) is 10.9 Å². The molecule has 0 saturated heterocycles. The van der Waals surface area contributed by atoms with Crippen LogP contribution in [-0.4, -0.2) is 15.0 Å². The average molecular weight is 222 g/mol. The van der Waals surface area contributed by atoms with Gasteiger partial charge in [-0.3, -0.25) is 0 Å². The molecule has 2 aromatic rings. The van der Waals surface area contributed by atoms with Crippen LogP contribution in [0.15, 0.2) is 30.6 Å². The van der Waals surface area contributed by atoms with Gasteiger partial charge in [-0.15, -0.1) is 5.10 Å². The van der Waals surface area contributed by atoms with Gasteiger partial charge in [0, 0.05) is 5.02 Å². The van der Waals surface area contributed by atoms with E-state index in [0.717, 1.165) is 10.7 Å². The molecular weight excluding hydrogens is 210 g/mol. The highest BCUT2D eigenvalue weighted by Gasteiger charge is 2.09. The minimum absolute atomic E-state index is 0.405. The second-order valence-corrected chi connectivity index (χ2v) is 4.14. The minimum Gasteiger partial charge on any atom is -0.220 e. The van der Waals surface area contributed by atoms with E-state index < -0.39 is 0 Å². The monoisotopic (exact) mass is 221 g/mol. The van der Waals surface area contributed by atoms with Gasteiger partial charge in [-0.25, -0.2) is 4.68 Å². The zero-order valence-corrected chi connectivity index (χ0v) is 9.44. The summed E-state index contributed by atoms with van der Waals surface area (Å²) in [6.07, 6.45) is 3.49. The highest BCUT2D eigenvalue weighted by molar-refractivity contribution is 6.30. The van der Waals surface area contributed by atoms with E-state index in [1.807, 2.05) is 24.4 Å². The number of aromatic nitrogens is 3. The first-order valence-electron chi connectivity index (χ1n) is 4.84. The van der Waals surface area contributed by atoms with Crippen LogP contribution < -0.4 is 0 Å². The van der Waals surface area contributed by atoms with Crippen molar-refractivity contribution in [2.75, 3.05) is 0 Å². The van der Waals surface area contributed by atoms with Gasteiger partial charge in [0.25, 0.3) is 0 Å². The first kappa shape index (κ1) is 10.2. The number of hydrogen-bond donors (Lipinski definition) is 0. The fraction of sp³-hybridized carbons (Fsp3) is 0.273. The molecule has 0 radical (unpaired) electrons. The molecule has 0 aliphatic rings. The zero-order valence-electron chi connectivity index (χ0n) is 8.68. The number of benzene rings is 1. The van der Waals surface area contributed by atoms with Gasteiger partial charge in [-0.1, -0.05) is 30.7 Å². The molecule has 0 amide bonds. The van der Waals surface area contributed by atoms with Crippen molar-refractivity contribution in [2.45, 2.75) is 19.8 Å². The lowest BCUT2D eigenvalue weighted by atomic mass is 10.0. The maximum Gasteiger partial charge on any atom is 0.0699 e. The second-order valence-electron chi connectivity index (χ2n) is 3.71. The Morgan fingerprint density at radius 3 is 2.73 bits per heavy atom. The molecule has 0 N–H and O–H groups in total. The van der Waals surface area contributed by atoms with E-state index >= 15 is 0 Å². The maximum absolute atomic E-state index is 5.98. The summed E-state index contributed by atoms with van der Waals surface area (Å²) >= 11 is 5.98. The Balaban J connectivity index is 2.56. The van der Waals surface area contributed by atoms with Crippen molar-refractivity contribution in [3.8, 4) is 5.69 Å². The van der Waals surface area contributed by atoms with Crippen molar-refractivity contribution in [3.63, 3.8) is 0 Å². The minimum atomic E-state index is 0.405. The topological polar surface area (TPSA) is 30.7 Å². The lowest BCUT2D eigenvalue weighted by molar-refractivity contribution is 0.770. The van der Waals surface area contributed by atoms with Gasteiger partial charge in [-0.05, 0) is 29.7 Å². The van der Waals surface area contributed by atoms with Crippen LogP contribution in [0.1, 0.15) is 25.3 Å². The molecule has 0 atom stereocenters. The van der Waals surface area contributed by atoms with Crippen molar-refractivity contribution in [1.82, 2.24) is 15.0 Å². The molecule has 0 saturated carbocycles. The third kappa shape index (κ3) is 2.02. The molecule has 78 valence electrons. The lowest BCUT2D eigenvalue weighted by Crippen LogP contribution is -2.02. The van der Waals surface area contributed by atoms with E-state index in [0.29, 0.717) is 5.92 Å². The molecule has 0 unspecified atom stereocenters. The number of halogens is 1. The van der Waals surface area contributed by atoms with Crippen molar-refractivity contribution >= 4 is 11.6 Å². The molecule has 0 aliphatic heterocycles. The predicted molar refractivity (Wildman–Crippen MR) is 60.5 cm³/mol. The van der Waals surface area contributed by atoms with Crippen molar-refractivity contribution in [2.24, 2.45) is 0 Å². The van der Waals surface area contributed by atoms with Gasteiger partial charge >= 0.3 is 0 Å². The Labute approximate surface area is 93.7 Å². The van der Waals surface area contributed by atoms with E-state index in [4.69, 9.17) is 11.6 Å². The lowest BCUT2D eigenvalue weighted by Gasteiger charge is -2.12. The van der Waals surface area contributed by atoms with Crippen LogP contribution in [-0.2, 0) is 0 Å². The van der Waals surface area contributed by atoms with Crippen molar-refractivity contribution in [3.05, 3.63) is 41.2 Å². The third-order valence-corrected chi connectivity index (χ3v) is 2.52. The molecule has 3 nitrogen and oxygen atoms in total. The Morgan fingerprint density at radius 1 is 1.33 bits per heavy atom. The first-order valence-corrected chi connectivity index (χ1v) is 5.22. The van der Waals surface area contributed by atoms with Crippen LogP contribution in [0.2, 0.25) is 5.02 Å². The highest BCUT2D eigenvalue weighted by Crippen LogP contribution is 2.25. The summed E-state index contributed by atoms with van der Waals surface area (Å²) in [5.74, 6) is 0.405. The molecule has 2 rings (SSSR count). The van der Waals surface area contributed by atoms with Crippen LogP contribution in [0.4, 0.5) is 0 Å². The van der Waals surface area contributed by atoms with Crippen molar-refractivity contribution in [1.29, 1.82) is 0 Å². The first-order chi connectivity index (χ1) is 7.18. The molecule has 0 bridgehead atoms. The van der Waals surface area contributed by atoms with Gasteiger partial charge in [0.2, 0.25) is 0 Å². The van der Waals surface area contributed by atoms with Gasteiger partial charge in [0.05, 0.1) is 18.1 Å². The molecule has 4 heteroatoms. The Bertz CT molecular complexity index is 449. The SMILES string of the molecule is CC(C)c1cc(Cl)ccc1-n1ccnn1. The average Bonchev–Trinajstić information content (AvgIpc) is 2.70. The van der Waals surface area contributed by atoms with Crippen molar-refractivity contribution < 1.29 is 0 Å². The number of rotatable bonds is 2. The molecule has 1 aromatic heterocycles. The smallest absolute Gasteiger partial charge is 0.0699 e. The fourth-order valence-electron chi connectivity index (χ4n) is 1.53. The van der Waals surface area contributed by atoms with Crippen LogP contribution in [0.3, 0.4) is 0 Å². The summed E-state index contributed by atoms with van der Waals surface area (Å²) in [5, 5.41) is 8.54. The molecule has 1 aromatic carbocycles. The van der Waals surface area contributed by atoms with Crippen LogP contribution in [0.5, 0.6) is 0 Å². The third-order valence-electron chi connectivity index (χ3n) is 2.28. The van der Waals surface area contributed by atoms with Gasteiger partial charge in [-0.2, -0.15) is 0 Å². The van der Waals surface area contributed by atoms with E-state index in [9.17, 15) is 0 Å². The molecule has 1 heterocycles. The summed E-state index contributed by atoms with van der Waals surface area (Å²) in [4.78, 5) is 0. The molecule has 15 heavy (non-hydrogen) atoms. The predicted octanol–water partition coefficient (Wildman–Crippen LogP) is 3.04. The zero-order chi connectivity index (χ0) is 10.8. The molecule has 0 aliphatic carbocycles. The summed E-state index contributed by atoms with van der Waals surface area (Å²) in [5.41, 5.74) is 2.21. The fourth-order valence-corrected chi connectivity index (χ4v) is 1.71. The van der Waals surface area contributed by atoms with Crippen LogP contribution in [0, 0.1) is 0 Å². The Hall–Kier alpha value is -1.35. The van der Waals surface area contributed by atoms with E-state index in [-0.39, 0.29) is 0 Å². The summed E-state index contributed by atoms with van der Waals surface area (Å²) in [6.45, 7) is 4.26. The largest absolute Gasteiger partial charge is 0.220 e. The Kier molecular flexibility index (Phi) is 2.73. The summed E-state index contributed by atoms with van der Waals surface area (Å²) < 4.78 is 1.76. The van der Waals surface area contributed by atoms with E-state index in [1.165, 1.54) is 5.56 Å². The summed E-state index contributed by atoms with van der Waals surface area (Å²) in [6, 6.07) is 5.81. The van der Waals surface area contributed by atoms with Crippen LogP contribution >= 0.6 is 11.6 Å². The standard InChI is InChI=1S/C11H12ClN3/c1-8(2)10-7-9(12)3-4-11(10)15-6-5-13-14-15/h3-8H,1-2H3. The second kappa shape index (κ2) is 4.03. The Morgan fingerprint density at radius 2 is 2.13 bits per heavy atom. The van der Waals surface area contributed by atoms with Crippen LogP contribution in [0.25, 0.3) is 5.69 Å². The van der Waals surface area contributed by atoms with Gasteiger partial charge < -0.3 is 0 Å². The van der Waals surface area contributed by atoms with Gasteiger partial charge in [0.1, 0.15) is 0 Å². The normalized spacial score (nSPS) is 10.9.